The lowest BCUT2D eigenvalue weighted by Crippen LogP contribution is -2.27. The molecule has 0 atom stereocenters. The van der Waals surface area contributed by atoms with Gasteiger partial charge in [-0.2, -0.15) is 4.37 Å². The lowest BCUT2D eigenvalue weighted by Gasteiger charge is -2.20. The molecule has 0 aliphatic rings. The van der Waals surface area contributed by atoms with E-state index in [-0.39, 0.29) is 5.97 Å². The Hall–Kier alpha value is -1.14. The molecular formula is C15H27N3O2S. The molecule has 0 aliphatic heterocycles. The quantitative estimate of drug-likeness (QED) is 0.560. The number of esters is 1. The summed E-state index contributed by atoms with van der Waals surface area (Å²) in [4.78, 5) is 14.2. The summed E-state index contributed by atoms with van der Waals surface area (Å²) in [6.07, 6.45) is 2.20. The predicted molar refractivity (Wildman–Crippen MR) is 88.3 cm³/mol. The third kappa shape index (κ3) is 5.63. The van der Waals surface area contributed by atoms with Crippen LogP contribution in [0, 0.1) is 6.92 Å². The Morgan fingerprint density at radius 1 is 1.43 bits per heavy atom. The minimum atomic E-state index is -0.286. The highest BCUT2D eigenvalue weighted by molar-refractivity contribution is 7.10. The van der Waals surface area contributed by atoms with Crippen LogP contribution in [-0.4, -0.2) is 48.0 Å². The zero-order valence-electron chi connectivity index (χ0n) is 13.7. The highest BCUT2D eigenvalue weighted by Gasteiger charge is 2.19. The number of unbranched alkanes of at least 4 members (excludes halogenated alkanes) is 1. The van der Waals surface area contributed by atoms with Crippen molar-refractivity contribution in [3.05, 3.63) is 11.3 Å². The van der Waals surface area contributed by atoms with Crippen LogP contribution in [-0.2, 0) is 4.74 Å². The van der Waals surface area contributed by atoms with Gasteiger partial charge in [0.05, 0.1) is 12.3 Å². The molecular weight excluding hydrogens is 286 g/mol. The van der Waals surface area contributed by atoms with Crippen molar-refractivity contribution in [3.8, 4) is 0 Å². The van der Waals surface area contributed by atoms with Crippen LogP contribution in [0.4, 0.5) is 5.00 Å². The van der Waals surface area contributed by atoms with Crippen molar-refractivity contribution >= 4 is 22.5 Å². The summed E-state index contributed by atoms with van der Waals surface area (Å²) in [6.45, 7) is 10.4. The van der Waals surface area contributed by atoms with Crippen LogP contribution in [0.2, 0.25) is 0 Å². The largest absolute Gasteiger partial charge is 0.462 e. The second kappa shape index (κ2) is 9.00. The van der Waals surface area contributed by atoms with Crippen molar-refractivity contribution in [2.45, 2.75) is 46.6 Å². The fourth-order valence-corrected chi connectivity index (χ4v) is 2.69. The first-order chi connectivity index (χ1) is 9.97. The number of aryl methyl sites for hydroxylation is 1. The Balaban J connectivity index is 2.41. The molecule has 1 N–H and O–H groups in total. The van der Waals surface area contributed by atoms with Crippen molar-refractivity contribution in [3.63, 3.8) is 0 Å². The maximum Gasteiger partial charge on any atom is 0.343 e. The van der Waals surface area contributed by atoms with Gasteiger partial charge in [-0.25, -0.2) is 4.79 Å². The molecule has 0 spiro atoms. The Bertz CT molecular complexity index is 446. The molecule has 1 aromatic rings. The molecule has 0 aromatic carbocycles. The summed E-state index contributed by atoms with van der Waals surface area (Å²) in [6, 6.07) is 0.581. The average Bonchev–Trinajstić information content (AvgIpc) is 2.79. The van der Waals surface area contributed by atoms with E-state index < -0.39 is 0 Å². The van der Waals surface area contributed by atoms with E-state index >= 15 is 0 Å². The number of rotatable bonds is 9. The van der Waals surface area contributed by atoms with Gasteiger partial charge in [0.15, 0.2) is 0 Å². The van der Waals surface area contributed by atoms with Crippen LogP contribution >= 0.6 is 11.5 Å². The van der Waals surface area contributed by atoms with Crippen LogP contribution < -0.4 is 5.32 Å². The molecule has 1 heterocycles. The standard InChI is InChI=1S/C15H27N3O2S/c1-6-20-15(19)13-12(4)17-21-14(13)16-9-7-8-10-18(5)11(2)3/h11,16H,6-10H2,1-5H3. The first kappa shape index (κ1) is 17.9. The molecule has 0 bridgehead atoms. The highest BCUT2D eigenvalue weighted by Crippen LogP contribution is 2.25. The molecule has 0 amide bonds. The lowest BCUT2D eigenvalue weighted by molar-refractivity contribution is 0.0527. The Morgan fingerprint density at radius 3 is 2.76 bits per heavy atom. The molecule has 0 radical (unpaired) electrons. The monoisotopic (exact) mass is 313 g/mol. The number of ether oxygens (including phenoxy) is 1. The molecule has 0 aliphatic carbocycles. The fraction of sp³-hybridized carbons (Fsp3) is 0.733. The van der Waals surface area contributed by atoms with E-state index in [1.54, 1.807) is 0 Å². The number of anilines is 1. The predicted octanol–water partition coefficient (Wildman–Crippen LogP) is 3.16. The Morgan fingerprint density at radius 2 is 2.14 bits per heavy atom. The van der Waals surface area contributed by atoms with Crippen LogP contribution in [0.15, 0.2) is 0 Å². The lowest BCUT2D eigenvalue weighted by atomic mass is 10.2. The van der Waals surface area contributed by atoms with E-state index in [0.717, 1.165) is 36.6 Å². The summed E-state index contributed by atoms with van der Waals surface area (Å²) < 4.78 is 9.31. The molecule has 0 unspecified atom stereocenters. The second-order valence-corrected chi connectivity index (χ2v) is 6.17. The fourth-order valence-electron chi connectivity index (χ4n) is 1.88. The van der Waals surface area contributed by atoms with Crippen molar-refractivity contribution in [1.82, 2.24) is 9.27 Å². The first-order valence-electron chi connectivity index (χ1n) is 7.54. The topological polar surface area (TPSA) is 54.5 Å². The minimum Gasteiger partial charge on any atom is -0.462 e. The zero-order valence-corrected chi connectivity index (χ0v) is 14.5. The maximum atomic E-state index is 11.9. The third-order valence-corrected chi connectivity index (χ3v) is 4.34. The molecule has 1 aromatic heterocycles. The molecule has 0 fully saturated rings. The number of carbonyl (C=O) groups is 1. The Kier molecular flexibility index (Phi) is 7.67. The van der Waals surface area contributed by atoms with Gasteiger partial charge in [-0.3, -0.25) is 0 Å². The van der Waals surface area contributed by atoms with Gasteiger partial charge in [-0.05, 0) is 65.7 Å². The number of hydrogen-bond acceptors (Lipinski definition) is 6. The molecule has 5 nitrogen and oxygen atoms in total. The van der Waals surface area contributed by atoms with E-state index in [1.807, 2.05) is 13.8 Å². The third-order valence-electron chi connectivity index (χ3n) is 3.45. The van der Waals surface area contributed by atoms with Crippen LogP contribution in [0.3, 0.4) is 0 Å². The van der Waals surface area contributed by atoms with E-state index in [4.69, 9.17) is 4.74 Å². The van der Waals surface area contributed by atoms with Gasteiger partial charge in [0.25, 0.3) is 0 Å². The van der Waals surface area contributed by atoms with E-state index in [0.29, 0.717) is 18.2 Å². The van der Waals surface area contributed by atoms with E-state index in [9.17, 15) is 4.79 Å². The molecule has 6 heteroatoms. The van der Waals surface area contributed by atoms with Gasteiger partial charge in [0.1, 0.15) is 10.6 Å². The summed E-state index contributed by atoms with van der Waals surface area (Å²) in [5, 5.41) is 4.14. The van der Waals surface area contributed by atoms with Gasteiger partial charge < -0.3 is 15.0 Å². The van der Waals surface area contributed by atoms with Gasteiger partial charge in [0.2, 0.25) is 0 Å². The Labute approximate surface area is 131 Å². The number of hydrogen-bond donors (Lipinski definition) is 1. The smallest absolute Gasteiger partial charge is 0.343 e. The molecule has 120 valence electrons. The van der Waals surface area contributed by atoms with Gasteiger partial charge in [-0.15, -0.1) is 0 Å². The normalized spacial score (nSPS) is 11.2. The summed E-state index contributed by atoms with van der Waals surface area (Å²) in [7, 11) is 2.14. The van der Waals surface area contributed by atoms with Gasteiger partial charge in [0, 0.05) is 12.6 Å². The SMILES string of the molecule is CCOC(=O)c1c(C)nsc1NCCCCN(C)C(C)C. The van der Waals surface area contributed by atoms with Crippen molar-refractivity contribution in [1.29, 1.82) is 0 Å². The van der Waals surface area contributed by atoms with E-state index in [1.165, 1.54) is 11.5 Å². The zero-order chi connectivity index (χ0) is 15.8. The summed E-state index contributed by atoms with van der Waals surface area (Å²) in [5.41, 5.74) is 1.32. The van der Waals surface area contributed by atoms with Crippen molar-refractivity contribution < 1.29 is 9.53 Å². The maximum absolute atomic E-state index is 11.9. The van der Waals surface area contributed by atoms with E-state index in [2.05, 4.69) is 35.5 Å². The summed E-state index contributed by atoms with van der Waals surface area (Å²) in [5.74, 6) is -0.286. The number of nitrogens with zero attached hydrogens (tertiary/aromatic N) is 2. The number of nitrogens with one attached hydrogen (secondary N) is 1. The minimum absolute atomic E-state index is 0.286. The number of carbonyl (C=O) groups excluding carboxylic acids is 1. The summed E-state index contributed by atoms with van der Waals surface area (Å²) >= 11 is 1.33. The van der Waals surface area contributed by atoms with Gasteiger partial charge >= 0.3 is 5.97 Å². The van der Waals surface area contributed by atoms with Crippen LogP contribution in [0.1, 0.15) is 49.7 Å². The molecule has 1 rings (SSSR count). The molecule has 0 saturated carbocycles. The second-order valence-electron chi connectivity index (χ2n) is 5.40. The molecule has 21 heavy (non-hydrogen) atoms. The highest BCUT2D eigenvalue weighted by atomic mass is 32.1. The molecule has 0 saturated heterocycles. The van der Waals surface area contributed by atoms with Gasteiger partial charge in [-0.1, -0.05) is 0 Å². The van der Waals surface area contributed by atoms with Crippen molar-refractivity contribution in [2.75, 3.05) is 32.1 Å². The van der Waals surface area contributed by atoms with Crippen LogP contribution in [0.5, 0.6) is 0 Å². The average molecular weight is 313 g/mol. The van der Waals surface area contributed by atoms with Crippen LogP contribution in [0.25, 0.3) is 0 Å². The first-order valence-corrected chi connectivity index (χ1v) is 8.32. The van der Waals surface area contributed by atoms with Crippen molar-refractivity contribution in [2.24, 2.45) is 0 Å². The number of aromatic nitrogens is 1.